The van der Waals surface area contributed by atoms with Crippen LogP contribution in [0.2, 0.25) is 0 Å². The minimum absolute atomic E-state index is 0.244. The van der Waals surface area contributed by atoms with Gasteiger partial charge in [0.25, 0.3) is 0 Å². The number of hydrogen-bond acceptors (Lipinski definition) is 1. The van der Waals surface area contributed by atoms with E-state index in [0.717, 1.165) is 18.9 Å². The van der Waals surface area contributed by atoms with Gasteiger partial charge in [-0.1, -0.05) is 19.9 Å². The van der Waals surface area contributed by atoms with Crippen molar-refractivity contribution in [1.29, 1.82) is 0 Å². The zero-order chi connectivity index (χ0) is 12.2. The lowest BCUT2D eigenvalue weighted by molar-refractivity contribution is 0.363. The minimum Gasteiger partial charge on any atom is -0.319 e. The Morgan fingerprint density at radius 1 is 1.19 bits per heavy atom. The van der Waals surface area contributed by atoms with Crippen molar-refractivity contribution in [1.82, 2.24) is 5.32 Å². The first kappa shape index (κ1) is 13.1. The number of hydrogen-bond donors (Lipinski definition) is 1. The van der Waals surface area contributed by atoms with E-state index in [2.05, 4.69) is 5.32 Å². The fourth-order valence-corrected chi connectivity index (χ4v) is 2.23. The van der Waals surface area contributed by atoms with Gasteiger partial charge < -0.3 is 5.32 Å². The maximum atomic E-state index is 13.8. The third-order valence-electron chi connectivity index (χ3n) is 3.37. The molecule has 0 aliphatic heterocycles. The zero-order valence-electron chi connectivity index (χ0n) is 10.1. The Labute approximate surface area is 95.9 Å². The largest absolute Gasteiger partial charge is 0.319 e. The summed E-state index contributed by atoms with van der Waals surface area (Å²) in [6.07, 6.45) is 1.65. The number of benzene rings is 1. The van der Waals surface area contributed by atoms with Crippen LogP contribution in [0, 0.1) is 11.6 Å². The molecule has 3 heteroatoms. The highest BCUT2D eigenvalue weighted by Crippen LogP contribution is 2.33. The molecule has 1 nitrogen and oxygen atoms in total. The lowest BCUT2D eigenvalue weighted by Gasteiger charge is -2.32. The first-order valence-corrected chi connectivity index (χ1v) is 5.69. The molecular weight excluding hydrogens is 208 g/mol. The number of halogens is 2. The quantitative estimate of drug-likeness (QED) is 0.814. The van der Waals surface area contributed by atoms with Crippen LogP contribution in [0.5, 0.6) is 0 Å². The molecule has 0 saturated heterocycles. The average molecular weight is 227 g/mol. The van der Waals surface area contributed by atoms with Crippen LogP contribution in [0.1, 0.15) is 32.3 Å². The number of likely N-dealkylation sites (N-methyl/N-ethyl adjacent to an activating group) is 1. The van der Waals surface area contributed by atoms with Crippen molar-refractivity contribution in [3.8, 4) is 0 Å². The summed E-state index contributed by atoms with van der Waals surface area (Å²) in [6.45, 7) is 4.76. The summed E-state index contributed by atoms with van der Waals surface area (Å²) in [4.78, 5) is 0. The van der Waals surface area contributed by atoms with Crippen LogP contribution < -0.4 is 5.32 Å². The maximum absolute atomic E-state index is 13.8. The van der Waals surface area contributed by atoms with Crippen molar-refractivity contribution >= 4 is 0 Å². The van der Waals surface area contributed by atoms with E-state index < -0.39 is 11.6 Å². The molecule has 1 rings (SSSR count). The molecule has 1 aromatic rings. The number of rotatable bonds is 5. The van der Waals surface area contributed by atoms with E-state index in [1.165, 1.54) is 6.07 Å². The monoisotopic (exact) mass is 227 g/mol. The molecule has 0 spiro atoms. The van der Waals surface area contributed by atoms with Crippen molar-refractivity contribution < 1.29 is 8.78 Å². The van der Waals surface area contributed by atoms with Crippen molar-refractivity contribution in [2.75, 3.05) is 13.6 Å². The van der Waals surface area contributed by atoms with E-state index in [-0.39, 0.29) is 5.41 Å². The second-order valence-corrected chi connectivity index (χ2v) is 4.14. The third-order valence-corrected chi connectivity index (χ3v) is 3.37. The molecule has 1 N–H and O–H groups in total. The van der Waals surface area contributed by atoms with E-state index in [1.54, 1.807) is 6.07 Å². The van der Waals surface area contributed by atoms with Gasteiger partial charge in [-0.15, -0.1) is 0 Å². The Balaban J connectivity index is 3.19. The summed E-state index contributed by atoms with van der Waals surface area (Å²) < 4.78 is 26.6. The van der Waals surface area contributed by atoms with Gasteiger partial charge in [-0.2, -0.15) is 0 Å². The standard InChI is InChI=1S/C13H19F2N/c1-4-13(5-2,9-16-3)11-7-6-10(14)8-12(11)15/h6-8,16H,4-5,9H2,1-3H3. The SMILES string of the molecule is CCC(CC)(CNC)c1ccc(F)cc1F. The highest BCUT2D eigenvalue weighted by Gasteiger charge is 2.30. The summed E-state index contributed by atoms with van der Waals surface area (Å²) in [5, 5.41) is 3.09. The Bertz CT molecular complexity index is 346. The van der Waals surface area contributed by atoms with Gasteiger partial charge >= 0.3 is 0 Å². The fraction of sp³-hybridized carbons (Fsp3) is 0.538. The smallest absolute Gasteiger partial charge is 0.129 e. The zero-order valence-corrected chi connectivity index (χ0v) is 10.1. The predicted molar refractivity (Wildman–Crippen MR) is 62.5 cm³/mol. The molecule has 0 aromatic heterocycles. The van der Waals surface area contributed by atoms with Crippen molar-refractivity contribution in [2.24, 2.45) is 0 Å². The molecule has 0 aliphatic rings. The molecule has 0 heterocycles. The van der Waals surface area contributed by atoms with Crippen LogP contribution >= 0.6 is 0 Å². The summed E-state index contributed by atoms with van der Waals surface area (Å²) in [5.74, 6) is -0.967. The van der Waals surface area contributed by atoms with Crippen LogP contribution in [-0.2, 0) is 5.41 Å². The highest BCUT2D eigenvalue weighted by molar-refractivity contribution is 5.28. The van der Waals surface area contributed by atoms with E-state index in [0.29, 0.717) is 12.1 Å². The van der Waals surface area contributed by atoms with Gasteiger partial charge in [-0.3, -0.25) is 0 Å². The molecule has 0 aliphatic carbocycles. The molecule has 1 aromatic carbocycles. The van der Waals surface area contributed by atoms with E-state index >= 15 is 0 Å². The summed E-state index contributed by atoms with van der Waals surface area (Å²) >= 11 is 0. The van der Waals surface area contributed by atoms with Crippen LogP contribution in [-0.4, -0.2) is 13.6 Å². The third kappa shape index (κ3) is 2.40. The minimum atomic E-state index is -0.521. The van der Waals surface area contributed by atoms with Crippen molar-refractivity contribution in [3.05, 3.63) is 35.4 Å². The maximum Gasteiger partial charge on any atom is 0.129 e. The molecule has 0 bridgehead atoms. The van der Waals surface area contributed by atoms with Crippen LogP contribution in [0.15, 0.2) is 18.2 Å². The van der Waals surface area contributed by atoms with Gasteiger partial charge in [-0.05, 0) is 31.5 Å². The Kier molecular flexibility index (Phi) is 4.42. The molecular formula is C13H19F2N. The van der Waals surface area contributed by atoms with Crippen LogP contribution in [0.3, 0.4) is 0 Å². The van der Waals surface area contributed by atoms with Crippen molar-refractivity contribution in [2.45, 2.75) is 32.1 Å². The normalized spacial score (nSPS) is 11.8. The predicted octanol–water partition coefficient (Wildman–Crippen LogP) is 3.24. The molecule has 0 fully saturated rings. The molecule has 0 unspecified atom stereocenters. The van der Waals surface area contributed by atoms with E-state index in [1.807, 2.05) is 20.9 Å². The van der Waals surface area contributed by atoms with Gasteiger partial charge in [0, 0.05) is 18.0 Å². The molecule has 0 amide bonds. The lowest BCUT2D eigenvalue weighted by Crippen LogP contribution is -2.36. The Morgan fingerprint density at radius 3 is 2.25 bits per heavy atom. The molecule has 0 radical (unpaired) electrons. The molecule has 16 heavy (non-hydrogen) atoms. The molecule has 0 atom stereocenters. The summed E-state index contributed by atoms with van der Waals surface area (Å²) in [7, 11) is 1.85. The van der Waals surface area contributed by atoms with Crippen LogP contribution in [0.25, 0.3) is 0 Å². The van der Waals surface area contributed by atoms with E-state index in [4.69, 9.17) is 0 Å². The summed E-state index contributed by atoms with van der Waals surface area (Å²) in [6, 6.07) is 3.86. The van der Waals surface area contributed by atoms with Crippen molar-refractivity contribution in [3.63, 3.8) is 0 Å². The molecule has 0 saturated carbocycles. The topological polar surface area (TPSA) is 12.0 Å². The molecule has 90 valence electrons. The van der Waals surface area contributed by atoms with Gasteiger partial charge in [0.1, 0.15) is 11.6 Å². The first-order chi connectivity index (χ1) is 7.59. The number of nitrogens with one attached hydrogen (secondary N) is 1. The fourth-order valence-electron chi connectivity index (χ4n) is 2.23. The van der Waals surface area contributed by atoms with E-state index in [9.17, 15) is 8.78 Å². The van der Waals surface area contributed by atoms with Gasteiger partial charge in [0.15, 0.2) is 0 Å². The Morgan fingerprint density at radius 2 is 1.81 bits per heavy atom. The van der Waals surface area contributed by atoms with Gasteiger partial charge in [0.05, 0.1) is 0 Å². The summed E-state index contributed by atoms with van der Waals surface area (Å²) in [5.41, 5.74) is 0.361. The second-order valence-electron chi connectivity index (χ2n) is 4.14. The lowest BCUT2D eigenvalue weighted by atomic mass is 9.75. The Hall–Kier alpha value is -0.960. The average Bonchev–Trinajstić information content (AvgIpc) is 2.27. The highest BCUT2D eigenvalue weighted by atomic mass is 19.1. The first-order valence-electron chi connectivity index (χ1n) is 5.69. The van der Waals surface area contributed by atoms with Crippen LogP contribution in [0.4, 0.5) is 8.78 Å². The van der Waals surface area contributed by atoms with Gasteiger partial charge in [0.2, 0.25) is 0 Å². The second kappa shape index (κ2) is 5.39. The van der Waals surface area contributed by atoms with Gasteiger partial charge in [-0.25, -0.2) is 8.78 Å².